The molecule has 5 nitrogen and oxygen atoms in total. The normalized spacial score (nSPS) is 16.4. The van der Waals surface area contributed by atoms with E-state index >= 15 is 0 Å². The maximum Gasteiger partial charge on any atom is 0.280 e. The first-order valence-electron chi connectivity index (χ1n) is 9.05. The number of amides is 1. The molecule has 1 heterocycles. The second-order valence-electron chi connectivity index (χ2n) is 6.41. The van der Waals surface area contributed by atoms with Gasteiger partial charge in [0.1, 0.15) is 0 Å². The van der Waals surface area contributed by atoms with E-state index in [4.69, 9.17) is 9.47 Å². The van der Waals surface area contributed by atoms with Crippen molar-refractivity contribution >= 4 is 23.4 Å². The summed E-state index contributed by atoms with van der Waals surface area (Å²) in [6, 6.07) is 15.1. The summed E-state index contributed by atoms with van der Waals surface area (Å²) in [5, 5.41) is 5.85. The SMILES string of the molecule is CC[C@H](C)Oc1c(/C=C2/C(=O)N(c3ccccc3)N=C2C)cccc1OC. The van der Waals surface area contributed by atoms with E-state index in [2.05, 4.69) is 12.0 Å². The topological polar surface area (TPSA) is 51.1 Å². The van der Waals surface area contributed by atoms with Gasteiger partial charge in [-0.3, -0.25) is 4.79 Å². The van der Waals surface area contributed by atoms with Crippen molar-refractivity contribution < 1.29 is 14.3 Å². The molecule has 0 unspecified atom stereocenters. The number of hydrogen-bond acceptors (Lipinski definition) is 4. The Bertz CT molecular complexity index is 888. The predicted octanol–water partition coefficient (Wildman–Crippen LogP) is 4.68. The number of anilines is 1. The summed E-state index contributed by atoms with van der Waals surface area (Å²) in [6.07, 6.45) is 2.73. The first kappa shape index (κ1) is 18.7. The minimum atomic E-state index is -0.156. The summed E-state index contributed by atoms with van der Waals surface area (Å²) >= 11 is 0. The second kappa shape index (κ2) is 8.08. The van der Waals surface area contributed by atoms with Gasteiger partial charge in [0, 0.05) is 5.56 Å². The molecule has 3 rings (SSSR count). The smallest absolute Gasteiger partial charge is 0.280 e. The van der Waals surface area contributed by atoms with Gasteiger partial charge in [0.05, 0.1) is 30.2 Å². The molecule has 2 aromatic carbocycles. The van der Waals surface area contributed by atoms with Crippen molar-refractivity contribution in [1.29, 1.82) is 0 Å². The zero-order chi connectivity index (χ0) is 19.4. The third-order valence-electron chi connectivity index (χ3n) is 4.49. The van der Waals surface area contributed by atoms with E-state index in [1.807, 2.05) is 68.5 Å². The van der Waals surface area contributed by atoms with E-state index in [1.165, 1.54) is 5.01 Å². The number of methoxy groups -OCH3 is 1. The third kappa shape index (κ3) is 3.87. The molecule has 1 amide bonds. The molecule has 0 saturated heterocycles. The number of ether oxygens (including phenoxy) is 2. The Labute approximate surface area is 159 Å². The summed E-state index contributed by atoms with van der Waals surface area (Å²) in [5.41, 5.74) is 2.75. The Morgan fingerprint density at radius 3 is 2.56 bits per heavy atom. The quantitative estimate of drug-likeness (QED) is 0.700. The van der Waals surface area contributed by atoms with Crippen LogP contribution >= 0.6 is 0 Å². The predicted molar refractivity (Wildman–Crippen MR) is 108 cm³/mol. The van der Waals surface area contributed by atoms with Crippen LogP contribution in [0.2, 0.25) is 0 Å². The van der Waals surface area contributed by atoms with Crippen LogP contribution in [0.15, 0.2) is 59.2 Å². The number of hydrazone groups is 1. The van der Waals surface area contributed by atoms with Gasteiger partial charge in [0.2, 0.25) is 0 Å². The lowest BCUT2D eigenvalue weighted by atomic mass is 10.1. The van der Waals surface area contributed by atoms with Crippen molar-refractivity contribution in [3.8, 4) is 11.5 Å². The molecule has 0 aromatic heterocycles. The molecule has 0 fully saturated rings. The minimum absolute atomic E-state index is 0.0355. The van der Waals surface area contributed by atoms with Crippen molar-refractivity contribution in [1.82, 2.24) is 0 Å². The number of benzene rings is 2. The highest BCUT2D eigenvalue weighted by molar-refractivity contribution is 6.32. The highest BCUT2D eigenvalue weighted by Gasteiger charge is 2.29. The fourth-order valence-electron chi connectivity index (χ4n) is 2.80. The molecule has 0 radical (unpaired) electrons. The van der Waals surface area contributed by atoms with Gasteiger partial charge in [-0.15, -0.1) is 0 Å². The van der Waals surface area contributed by atoms with Crippen molar-refractivity contribution in [3.63, 3.8) is 0 Å². The zero-order valence-electron chi connectivity index (χ0n) is 16.1. The second-order valence-corrected chi connectivity index (χ2v) is 6.41. The summed E-state index contributed by atoms with van der Waals surface area (Å²) < 4.78 is 11.5. The van der Waals surface area contributed by atoms with Gasteiger partial charge in [0.25, 0.3) is 5.91 Å². The van der Waals surface area contributed by atoms with Crippen molar-refractivity contribution in [3.05, 3.63) is 59.7 Å². The molecule has 0 spiro atoms. The highest BCUT2D eigenvalue weighted by atomic mass is 16.5. The van der Waals surface area contributed by atoms with E-state index in [0.717, 1.165) is 17.7 Å². The monoisotopic (exact) mass is 364 g/mol. The molecule has 1 atom stereocenters. The molecular weight excluding hydrogens is 340 g/mol. The van der Waals surface area contributed by atoms with E-state index < -0.39 is 0 Å². The molecule has 1 aliphatic rings. The molecule has 1 aliphatic heterocycles. The standard InChI is InChI=1S/C22H24N2O3/c1-5-15(2)27-21-17(10-9-13-20(21)26-4)14-19-16(3)23-24(22(19)25)18-11-7-6-8-12-18/h6-15H,5H2,1-4H3/b19-14+/t15-/m0/s1. The van der Waals surface area contributed by atoms with Crippen LogP contribution < -0.4 is 14.5 Å². The number of carbonyl (C=O) groups is 1. The highest BCUT2D eigenvalue weighted by Crippen LogP contribution is 2.35. The lowest BCUT2D eigenvalue weighted by Gasteiger charge is -2.18. The Morgan fingerprint density at radius 2 is 1.89 bits per heavy atom. The van der Waals surface area contributed by atoms with Gasteiger partial charge >= 0.3 is 0 Å². The van der Waals surface area contributed by atoms with Gasteiger partial charge in [-0.25, -0.2) is 0 Å². The summed E-state index contributed by atoms with van der Waals surface area (Å²) in [7, 11) is 1.61. The van der Waals surface area contributed by atoms with Crippen LogP contribution in [0.4, 0.5) is 5.69 Å². The Morgan fingerprint density at radius 1 is 1.15 bits per heavy atom. The van der Waals surface area contributed by atoms with E-state index in [9.17, 15) is 4.79 Å². The van der Waals surface area contributed by atoms with Crippen LogP contribution in [0.1, 0.15) is 32.8 Å². The fourth-order valence-corrected chi connectivity index (χ4v) is 2.80. The van der Waals surface area contributed by atoms with E-state index in [1.54, 1.807) is 7.11 Å². The van der Waals surface area contributed by atoms with Gasteiger partial charge in [0.15, 0.2) is 11.5 Å². The van der Waals surface area contributed by atoms with Crippen molar-refractivity contribution in [2.24, 2.45) is 5.10 Å². The first-order valence-corrected chi connectivity index (χ1v) is 9.05. The number of carbonyl (C=O) groups excluding carboxylic acids is 1. The molecule has 5 heteroatoms. The van der Waals surface area contributed by atoms with Gasteiger partial charge in [-0.2, -0.15) is 10.1 Å². The van der Waals surface area contributed by atoms with Crippen LogP contribution in [0.3, 0.4) is 0 Å². The molecule has 0 saturated carbocycles. The maximum absolute atomic E-state index is 12.9. The van der Waals surface area contributed by atoms with E-state index in [-0.39, 0.29) is 12.0 Å². The summed E-state index contributed by atoms with van der Waals surface area (Å²) in [6.45, 7) is 5.91. The molecule has 0 N–H and O–H groups in total. The van der Waals surface area contributed by atoms with Crippen LogP contribution in [0.5, 0.6) is 11.5 Å². The third-order valence-corrected chi connectivity index (χ3v) is 4.49. The molecule has 0 bridgehead atoms. The average molecular weight is 364 g/mol. The van der Waals surface area contributed by atoms with Crippen LogP contribution in [-0.4, -0.2) is 24.8 Å². The molecule has 27 heavy (non-hydrogen) atoms. The van der Waals surface area contributed by atoms with Gasteiger partial charge in [-0.1, -0.05) is 37.3 Å². The summed E-state index contributed by atoms with van der Waals surface area (Å²) in [4.78, 5) is 12.9. The van der Waals surface area contributed by atoms with E-state index in [0.29, 0.717) is 22.8 Å². The number of nitrogens with zero attached hydrogens (tertiary/aromatic N) is 2. The average Bonchev–Trinajstić information content (AvgIpc) is 2.97. The fraction of sp³-hybridized carbons (Fsp3) is 0.273. The first-order chi connectivity index (χ1) is 13.0. The molecular formula is C22H24N2O3. The van der Waals surface area contributed by atoms with Crippen LogP contribution in [0, 0.1) is 0 Å². The van der Waals surface area contributed by atoms with Crippen molar-refractivity contribution in [2.75, 3.05) is 12.1 Å². The van der Waals surface area contributed by atoms with Gasteiger partial charge < -0.3 is 9.47 Å². The minimum Gasteiger partial charge on any atom is -0.493 e. The number of para-hydroxylation sites is 2. The Balaban J connectivity index is 2.00. The Kier molecular flexibility index (Phi) is 5.60. The maximum atomic E-state index is 12.9. The molecule has 2 aromatic rings. The number of rotatable bonds is 6. The van der Waals surface area contributed by atoms with Crippen LogP contribution in [-0.2, 0) is 4.79 Å². The zero-order valence-corrected chi connectivity index (χ0v) is 16.1. The van der Waals surface area contributed by atoms with Crippen molar-refractivity contribution in [2.45, 2.75) is 33.3 Å². The lowest BCUT2D eigenvalue weighted by molar-refractivity contribution is -0.114. The lowest BCUT2D eigenvalue weighted by Crippen LogP contribution is -2.21. The summed E-state index contributed by atoms with van der Waals surface area (Å²) in [5.74, 6) is 1.13. The number of hydrogen-bond donors (Lipinski definition) is 0. The Hall–Kier alpha value is -3.08. The van der Waals surface area contributed by atoms with Crippen LogP contribution in [0.25, 0.3) is 6.08 Å². The van der Waals surface area contributed by atoms with Gasteiger partial charge in [-0.05, 0) is 44.5 Å². The largest absolute Gasteiger partial charge is 0.493 e. The molecule has 140 valence electrons. The molecule has 0 aliphatic carbocycles.